The predicted molar refractivity (Wildman–Crippen MR) is 112 cm³/mol. The van der Waals surface area contributed by atoms with E-state index in [-0.39, 0.29) is 5.82 Å². The first-order valence-corrected chi connectivity index (χ1v) is 9.28. The molecule has 142 valence electrons. The highest BCUT2D eigenvalue weighted by atomic mass is 19.1. The van der Waals surface area contributed by atoms with E-state index < -0.39 is 0 Å². The number of nitrogens with zero attached hydrogens (tertiary/aromatic N) is 3. The summed E-state index contributed by atoms with van der Waals surface area (Å²) in [5, 5.41) is 4.63. The van der Waals surface area contributed by atoms with Gasteiger partial charge in [0.05, 0.1) is 29.8 Å². The number of anilines is 1. The summed E-state index contributed by atoms with van der Waals surface area (Å²) in [5.74, 6) is -0.274. The lowest BCUT2D eigenvalue weighted by Crippen LogP contribution is -2.01. The molecule has 4 rings (SSSR count). The van der Waals surface area contributed by atoms with Crippen molar-refractivity contribution in [3.8, 4) is 22.5 Å². The zero-order valence-corrected chi connectivity index (χ0v) is 16.0. The Bertz CT molecular complexity index is 1020. The minimum absolute atomic E-state index is 0.274. The van der Waals surface area contributed by atoms with Crippen LogP contribution in [0.2, 0.25) is 0 Å². The monoisotopic (exact) mass is 374 g/mol. The van der Waals surface area contributed by atoms with E-state index in [4.69, 9.17) is 5.73 Å². The summed E-state index contributed by atoms with van der Waals surface area (Å²) in [5.41, 5.74) is 11.0. The Morgan fingerprint density at radius 2 is 1.64 bits per heavy atom. The lowest BCUT2D eigenvalue weighted by molar-refractivity contribution is 0.628. The van der Waals surface area contributed by atoms with Crippen LogP contribution < -0.4 is 5.73 Å². The van der Waals surface area contributed by atoms with Gasteiger partial charge in [-0.05, 0) is 42.0 Å². The molecule has 0 aliphatic carbocycles. The summed E-state index contributed by atoms with van der Waals surface area (Å²) in [6.07, 6.45) is 3.55. The Kier molecular flexibility index (Phi) is 6.17. The summed E-state index contributed by atoms with van der Waals surface area (Å²) in [6.45, 7) is 4.69. The van der Waals surface area contributed by atoms with Gasteiger partial charge in [-0.15, -0.1) is 0 Å². The lowest BCUT2D eigenvalue weighted by atomic mass is 10.1. The van der Waals surface area contributed by atoms with Crippen molar-refractivity contribution in [2.75, 3.05) is 5.73 Å². The standard InChI is InChI=1S/C21H17FN4.C2H6/c22-17-8-6-16(7-9-17)21-12-18(19(23)13-24-21)20-10-11-26(25-20)14-15-4-2-1-3-5-15;1-2/h1-13H,14,23H2;1-2H3. The molecule has 28 heavy (non-hydrogen) atoms. The number of pyridine rings is 1. The molecular formula is C23H23FN4. The van der Waals surface area contributed by atoms with E-state index in [0.717, 1.165) is 22.5 Å². The molecule has 2 heterocycles. The number of hydrogen-bond donors (Lipinski definition) is 1. The first-order chi connectivity index (χ1) is 13.7. The maximum Gasteiger partial charge on any atom is 0.123 e. The van der Waals surface area contributed by atoms with Crippen LogP contribution >= 0.6 is 0 Å². The average Bonchev–Trinajstić information content (AvgIpc) is 3.19. The molecule has 2 aromatic heterocycles. The van der Waals surface area contributed by atoms with Crippen molar-refractivity contribution in [1.29, 1.82) is 0 Å². The second-order valence-electron chi connectivity index (χ2n) is 6.05. The van der Waals surface area contributed by atoms with Crippen molar-refractivity contribution >= 4 is 5.69 Å². The minimum atomic E-state index is -0.274. The maximum atomic E-state index is 13.1. The summed E-state index contributed by atoms with van der Waals surface area (Å²) in [7, 11) is 0. The van der Waals surface area contributed by atoms with Gasteiger partial charge in [-0.3, -0.25) is 9.67 Å². The number of hydrogen-bond acceptors (Lipinski definition) is 3. The molecule has 0 spiro atoms. The van der Waals surface area contributed by atoms with Crippen LogP contribution in [-0.4, -0.2) is 14.8 Å². The Hall–Kier alpha value is -3.47. The molecule has 0 bridgehead atoms. The van der Waals surface area contributed by atoms with Gasteiger partial charge >= 0.3 is 0 Å². The smallest absolute Gasteiger partial charge is 0.123 e. The average molecular weight is 374 g/mol. The van der Waals surface area contributed by atoms with Gasteiger partial charge in [0, 0.05) is 17.3 Å². The van der Waals surface area contributed by atoms with Crippen molar-refractivity contribution in [3.05, 3.63) is 90.5 Å². The summed E-state index contributed by atoms with van der Waals surface area (Å²) in [4.78, 5) is 4.36. The van der Waals surface area contributed by atoms with Gasteiger partial charge < -0.3 is 5.73 Å². The Morgan fingerprint density at radius 1 is 0.929 bits per heavy atom. The van der Waals surface area contributed by atoms with Crippen molar-refractivity contribution in [2.24, 2.45) is 0 Å². The SMILES string of the molecule is CC.Nc1cnc(-c2ccc(F)cc2)cc1-c1ccn(Cc2ccccc2)n1. The maximum absolute atomic E-state index is 13.1. The normalized spacial score (nSPS) is 10.2. The van der Waals surface area contributed by atoms with Crippen LogP contribution in [-0.2, 0) is 6.54 Å². The van der Waals surface area contributed by atoms with Gasteiger partial charge in [0.25, 0.3) is 0 Å². The highest BCUT2D eigenvalue weighted by Crippen LogP contribution is 2.28. The van der Waals surface area contributed by atoms with Crippen LogP contribution in [0.5, 0.6) is 0 Å². The van der Waals surface area contributed by atoms with Crippen LogP contribution in [0.25, 0.3) is 22.5 Å². The molecule has 0 aliphatic heterocycles. The Balaban J connectivity index is 0.00000109. The van der Waals surface area contributed by atoms with Gasteiger partial charge in [0.1, 0.15) is 5.82 Å². The predicted octanol–water partition coefficient (Wildman–Crippen LogP) is 5.41. The number of halogens is 1. The second kappa shape index (κ2) is 8.95. The second-order valence-corrected chi connectivity index (χ2v) is 6.05. The van der Waals surface area contributed by atoms with Crippen LogP contribution in [0.15, 0.2) is 79.1 Å². The number of benzene rings is 2. The van der Waals surface area contributed by atoms with Gasteiger partial charge in [0.15, 0.2) is 0 Å². The molecule has 0 fully saturated rings. The van der Waals surface area contributed by atoms with Gasteiger partial charge in [-0.2, -0.15) is 5.10 Å². The Labute approximate surface area is 164 Å². The van der Waals surface area contributed by atoms with Crippen molar-refractivity contribution in [2.45, 2.75) is 20.4 Å². The van der Waals surface area contributed by atoms with E-state index in [9.17, 15) is 4.39 Å². The van der Waals surface area contributed by atoms with E-state index >= 15 is 0 Å². The Morgan fingerprint density at radius 3 is 2.36 bits per heavy atom. The quantitative estimate of drug-likeness (QED) is 0.520. The molecule has 4 aromatic rings. The van der Waals surface area contributed by atoms with E-state index in [1.54, 1.807) is 18.3 Å². The molecule has 2 N–H and O–H groups in total. The van der Waals surface area contributed by atoms with Crippen LogP contribution in [0.1, 0.15) is 19.4 Å². The van der Waals surface area contributed by atoms with Crippen LogP contribution in [0, 0.1) is 5.82 Å². The van der Waals surface area contributed by atoms with Crippen LogP contribution in [0.3, 0.4) is 0 Å². The topological polar surface area (TPSA) is 56.7 Å². The zero-order chi connectivity index (χ0) is 19.9. The number of aromatic nitrogens is 3. The molecule has 2 aromatic carbocycles. The minimum Gasteiger partial charge on any atom is -0.397 e. The summed E-state index contributed by atoms with van der Waals surface area (Å²) >= 11 is 0. The fourth-order valence-electron chi connectivity index (χ4n) is 2.83. The van der Waals surface area contributed by atoms with Crippen molar-refractivity contribution < 1.29 is 4.39 Å². The molecule has 0 saturated heterocycles. The van der Waals surface area contributed by atoms with Gasteiger partial charge in [-0.25, -0.2) is 4.39 Å². The third kappa shape index (κ3) is 4.43. The molecule has 0 amide bonds. The van der Waals surface area contributed by atoms with Crippen molar-refractivity contribution in [3.63, 3.8) is 0 Å². The molecule has 0 aliphatic rings. The fourth-order valence-corrected chi connectivity index (χ4v) is 2.83. The van der Waals surface area contributed by atoms with Crippen molar-refractivity contribution in [1.82, 2.24) is 14.8 Å². The van der Waals surface area contributed by atoms with E-state index in [1.807, 2.05) is 55.1 Å². The van der Waals surface area contributed by atoms with Gasteiger partial charge in [0.2, 0.25) is 0 Å². The first-order valence-electron chi connectivity index (χ1n) is 9.28. The molecule has 0 unspecified atom stereocenters. The molecule has 4 nitrogen and oxygen atoms in total. The van der Waals surface area contributed by atoms with Gasteiger partial charge in [-0.1, -0.05) is 44.2 Å². The van der Waals surface area contributed by atoms with E-state index in [2.05, 4.69) is 22.2 Å². The van der Waals surface area contributed by atoms with Crippen LogP contribution in [0.4, 0.5) is 10.1 Å². The third-order valence-corrected chi connectivity index (χ3v) is 4.18. The highest BCUT2D eigenvalue weighted by Gasteiger charge is 2.10. The molecule has 0 saturated carbocycles. The molecule has 0 radical (unpaired) electrons. The molecule has 5 heteroatoms. The fraction of sp³-hybridized carbons (Fsp3) is 0.130. The molecule has 0 atom stereocenters. The van der Waals surface area contributed by atoms with E-state index in [0.29, 0.717) is 12.2 Å². The lowest BCUT2D eigenvalue weighted by Gasteiger charge is -2.07. The van der Waals surface area contributed by atoms with E-state index in [1.165, 1.54) is 17.7 Å². The number of rotatable bonds is 4. The first kappa shape index (κ1) is 19.3. The summed E-state index contributed by atoms with van der Waals surface area (Å²) in [6, 6.07) is 20.2. The zero-order valence-electron chi connectivity index (χ0n) is 16.0. The summed E-state index contributed by atoms with van der Waals surface area (Å²) < 4.78 is 15.0. The third-order valence-electron chi connectivity index (χ3n) is 4.18. The number of nitrogens with two attached hydrogens (primary N) is 1. The highest BCUT2D eigenvalue weighted by molar-refractivity contribution is 5.77. The largest absolute Gasteiger partial charge is 0.397 e. The molecular weight excluding hydrogens is 351 g/mol. The number of nitrogen functional groups attached to an aromatic ring is 1.